The molecular formula is C18H28N4O. The van der Waals surface area contributed by atoms with Gasteiger partial charge < -0.3 is 15.5 Å². The van der Waals surface area contributed by atoms with Gasteiger partial charge in [-0.05, 0) is 18.5 Å². The first-order valence-electron chi connectivity index (χ1n) is 8.74. The van der Waals surface area contributed by atoms with E-state index in [1.54, 1.807) is 0 Å². The summed E-state index contributed by atoms with van der Waals surface area (Å²) in [6.07, 6.45) is 1.07. The Hall–Kier alpha value is -1.43. The van der Waals surface area contributed by atoms with Crippen LogP contribution < -0.4 is 5.73 Å². The van der Waals surface area contributed by atoms with Crippen LogP contribution in [0, 0.1) is 0 Å². The lowest BCUT2D eigenvalue weighted by Crippen LogP contribution is -2.51. The van der Waals surface area contributed by atoms with Crippen molar-refractivity contribution in [1.82, 2.24) is 14.7 Å². The molecule has 1 aromatic carbocycles. The van der Waals surface area contributed by atoms with Crippen molar-refractivity contribution in [2.24, 2.45) is 5.73 Å². The fraction of sp³-hybridized carbons (Fsp3) is 0.611. The standard InChI is InChI=1S/C18H28N4O/c1-2-20-10-12-21(13-11-20)16-8-9-22(14-16)18(23)17(19)15-6-4-3-5-7-15/h3-7,16-17H,2,8-14,19H2,1H3. The number of benzene rings is 1. The summed E-state index contributed by atoms with van der Waals surface area (Å²) in [7, 11) is 0. The minimum absolute atomic E-state index is 0.0610. The fourth-order valence-electron chi connectivity index (χ4n) is 3.68. The van der Waals surface area contributed by atoms with Gasteiger partial charge in [0, 0.05) is 45.3 Å². The first-order chi connectivity index (χ1) is 11.2. The van der Waals surface area contributed by atoms with Crippen molar-refractivity contribution >= 4 is 5.91 Å². The molecule has 5 nitrogen and oxygen atoms in total. The van der Waals surface area contributed by atoms with Crippen molar-refractivity contribution < 1.29 is 4.79 Å². The zero-order valence-electron chi connectivity index (χ0n) is 14.0. The summed E-state index contributed by atoms with van der Waals surface area (Å²) in [5.74, 6) is 0.0610. The van der Waals surface area contributed by atoms with Gasteiger partial charge in [0.15, 0.2) is 0 Å². The topological polar surface area (TPSA) is 52.8 Å². The normalized spacial score (nSPS) is 24.8. The summed E-state index contributed by atoms with van der Waals surface area (Å²) in [4.78, 5) is 19.6. The molecule has 2 heterocycles. The molecule has 126 valence electrons. The molecule has 3 rings (SSSR count). The molecule has 0 aromatic heterocycles. The van der Waals surface area contributed by atoms with Gasteiger partial charge in [-0.1, -0.05) is 37.3 Å². The quantitative estimate of drug-likeness (QED) is 0.898. The van der Waals surface area contributed by atoms with E-state index in [-0.39, 0.29) is 5.91 Å². The Kier molecular flexibility index (Phi) is 5.30. The molecule has 2 aliphatic heterocycles. The maximum absolute atomic E-state index is 12.6. The summed E-state index contributed by atoms with van der Waals surface area (Å²) >= 11 is 0. The number of likely N-dealkylation sites (tertiary alicyclic amines) is 1. The van der Waals surface area contributed by atoms with Crippen molar-refractivity contribution in [2.45, 2.75) is 25.4 Å². The first-order valence-corrected chi connectivity index (χ1v) is 8.74. The second kappa shape index (κ2) is 7.43. The maximum Gasteiger partial charge on any atom is 0.244 e. The molecule has 0 radical (unpaired) electrons. The number of hydrogen-bond donors (Lipinski definition) is 1. The molecule has 5 heteroatoms. The van der Waals surface area contributed by atoms with Crippen molar-refractivity contribution in [1.29, 1.82) is 0 Å². The van der Waals surface area contributed by atoms with Crippen LogP contribution in [-0.2, 0) is 4.79 Å². The largest absolute Gasteiger partial charge is 0.339 e. The summed E-state index contributed by atoms with van der Waals surface area (Å²) < 4.78 is 0. The lowest BCUT2D eigenvalue weighted by atomic mass is 10.1. The molecule has 0 bridgehead atoms. The van der Waals surface area contributed by atoms with E-state index in [1.165, 1.54) is 0 Å². The zero-order valence-corrected chi connectivity index (χ0v) is 14.0. The second-order valence-electron chi connectivity index (χ2n) is 6.59. The molecule has 1 aromatic rings. The number of hydrogen-bond acceptors (Lipinski definition) is 4. The average Bonchev–Trinajstić information content (AvgIpc) is 3.11. The highest BCUT2D eigenvalue weighted by Crippen LogP contribution is 2.21. The Bertz CT molecular complexity index is 513. The highest BCUT2D eigenvalue weighted by molar-refractivity contribution is 5.83. The number of likely N-dealkylation sites (N-methyl/N-ethyl adjacent to an activating group) is 1. The Labute approximate surface area is 139 Å². The summed E-state index contributed by atoms with van der Waals surface area (Å²) in [5.41, 5.74) is 7.07. The summed E-state index contributed by atoms with van der Waals surface area (Å²) in [6, 6.07) is 9.64. The summed E-state index contributed by atoms with van der Waals surface area (Å²) in [5, 5.41) is 0. The van der Waals surface area contributed by atoms with Crippen molar-refractivity contribution in [2.75, 3.05) is 45.8 Å². The van der Waals surface area contributed by atoms with Gasteiger partial charge in [0.1, 0.15) is 6.04 Å². The van der Waals surface area contributed by atoms with E-state index in [0.29, 0.717) is 6.04 Å². The number of nitrogens with zero attached hydrogens (tertiary/aromatic N) is 3. The van der Waals surface area contributed by atoms with Crippen LogP contribution in [0.25, 0.3) is 0 Å². The molecule has 0 aliphatic carbocycles. The SMILES string of the molecule is CCN1CCN(C2CCN(C(=O)C(N)c3ccccc3)C2)CC1. The number of carbonyl (C=O) groups is 1. The van der Waals surface area contributed by atoms with Gasteiger partial charge in [0.05, 0.1) is 0 Å². The van der Waals surface area contributed by atoms with Crippen LogP contribution in [0.15, 0.2) is 30.3 Å². The Morgan fingerprint density at radius 2 is 1.87 bits per heavy atom. The third-order valence-corrected chi connectivity index (χ3v) is 5.27. The maximum atomic E-state index is 12.6. The van der Waals surface area contributed by atoms with Gasteiger partial charge in [-0.25, -0.2) is 0 Å². The summed E-state index contributed by atoms with van der Waals surface area (Å²) in [6.45, 7) is 9.53. The van der Waals surface area contributed by atoms with E-state index in [4.69, 9.17) is 5.73 Å². The molecule has 0 saturated carbocycles. The minimum atomic E-state index is -0.535. The van der Waals surface area contributed by atoms with E-state index < -0.39 is 6.04 Å². The van der Waals surface area contributed by atoms with Gasteiger partial charge in [-0.2, -0.15) is 0 Å². The fourth-order valence-corrected chi connectivity index (χ4v) is 3.68. The number of piperazine rings is 1. The minimum Gasteiger partial charge on any atom is -0.339 e. The Morgan fingerprint density at radius 1 is 1.17 bits per heavy atom. The van der Waals surface area contributed by atoms with Crippen LogP contribution in [0.2, 0.25) is 0 Å². The van der Waals surface area contributed by atoms with E-state index >= 15 is 0 Å². The molecule has 2 N–H and O–H groups in total. The lowest BCUT2D eigenvalue weighted by Gasteiger charge is -2.37. The zero-order chi connectivity index (χ0) is 16.2. The molecule has 2 aliphatic rings. The van der Waals surface area contributed by atoms with Gasteiger partial charge >= 0.3 is 0 Å². The number of rotatable bonds is 4. The highest BCUT2D eigenvalue weighted by Gasteiger charge is 2.33. The first kappa shape index (κ1) is 16.4. The number of carbonyl (C=O) groups excluding carboxylic acids is 1. The van der Waals surface area contributed by atoms with Crippen LogP contribution >= 0.6 is 0 Å². The second-order valence-corrected chi connectivity index (χ2v) is 6.59. The van der Waals surface area contributed by atoms with E-state index in [1.807, 2.05) is 35.2 Å². The van der Waals surface area contributed by atoms with Gasteiger partial charge in [-0.15, -0.1) is 0 Å². The lowest BCUT2D eigenvalue weighted by molar-refractivity contribution is -0.131. The molecule has 2 unspecified atom stereocenters. The average molecular weight is 316 g/mol. The number of amides is 1. The Balaban J connectivity index is 1.54. The Morgan fingerprint density at radius 3 is 2.52 bits per heavy atom. The van der Waals surface area contributed by atoms with E-state index in [9.17, 15) is 4.79 Å². The van der Waals surface area contributed by atoms with Crippen molar-refractivity contribution in [3.8, 4) is 0 Å². The van der Waals surface area contributed by atoms with Crippen LogP contribution in [-0.4, -0.2) is 72.5 Å². The van der Waals surface area contributed by atoms with E-state index in [2.05, 4.69) is 16.7 Å². The third-order valence-electron chi connectivity index (χ3n) is 5.27. The smallest absolute Gasteiger partial charge is 0.244 e. The molecule has 2 saturated heterocycles. The predicted octanol–water partition coefficient (Wildman–Crippen LogP) is 0.925. The molecule has 2 atom stereocenters. The van der Waals surface area contributed by atoms with Gasteiger partial charge in [0.25, 0.3) is 0 Å². The predicted molar refractivity (Wildman–Crippen MR) is 92.0 cm³/mol. The monoisotopic (exact) mass is 316 g/mol. The van der Waals surface area contributed by atoms with Crippen LogP contribution in [0.1, 0.15) is 24.9 Å². The third kappa shape index (κ3) is 3.74. The highest BCUT2D eigenvalue weighted by atomic mass is 16.2. The van der Waals surface area contributed by atoms with Gasteiger partial charge in [0.2, 0.25) is 5.91 Å². The van der Waals surface area contributed by atoms with Crippen molar-refractivity contribution in [3.63, 3.8) is 0 Å². The van der Waals surface area contributed by atoms with Crippen LogP contribution in [0.3, 0.4) is 0 Å². The molecule has 23 heavy (non-hydrogen) atoms. The molecule has 0 spiro atoms. The molecular weight excluding hydrogens is 288 g/mol. The molecule has 2 fully saturated rings. The van der Waals surface area contributed by atoms with Gasteiger partial charge in [-0.3, -0.25) is 9.69 Å². The number of nitrogens with two attached hydrogens (primary N) is 1. The molecule has 1 amide bonds. The van der Waals surface area contributed by atoms with Crippen LogP contribution in [0.4, 0.5) is 0 Å². The van der Waals surface area contributed by atoms with E-state index in [0.717, 1.165) is 57.8 Å². The van der Waals surface area contributed by atoms with Crippen LogP contribution in [0.5, 0.6) is 0 Å². The van der Waals surface area contributed by atoms with Crippen molar-refractivity contribution in [3.05, 3.63) is 35.9 Å².